The second-order valence-electron chi connectivity index (χ2n) is 3.81. The summed E-state index contributed by atoms with van der Waals surface area (Å²) >= 11 is 0. The molecule has 3 nitrogen and oxygen atoms in total. The highest BCUT2D eigenvalue weighted by atomic mass is 35.5. The molecule has 0 aliphatic rings. The van der Waals surface area contributed by atoms with Gasteiger partial charge in [0.15, 0.2) is 0 Å². The molecule has 110 valence electrons. The molecule has 0 radical (unpaired) electrons. The second kappa shape index (κ2) is 14.7. The molecule has 0 spiro atoms. The van der Waals surface area contributed by atoms with Gasteiger partial charge < -0.3 is 10.0 Å². The maximum Gasteiger partial charge on any atom is 0.330 e. The first-order valence-electron chi connectivity index (χ1n) is 6.01. The monoisotopic (exact) mass is 287 g/mol. The lowest BCUT2D eigenvalue weighted by Crippen LogP contribution is -2.10. The van der Waals surface area contributed by atoms with E-state index in [1.165, 1.54) is 12.5 Å². The SMILES string of the molecule is C=C(C)C(=O)O.CC.CN(C)Cc1ccccc1.Cl. The van der Waals surface area contributed by atoms with E-state index in [2.05, 4.69) is 49.8 Å². The Labute approximate surface area is 123 Å². The van der Waals surface area contributed by atoms with Crippen molar-refractivity contribution in [2.24, 2.45) is 0 Å². The van der Waals surface area contributed by atoms with Crippen LogP contribution >= 0.6 is 12.4 Å². The van der Waals surface area contributed by atoms with Gasteiger partial charge in [-0.1, -0.05) is 50.8 Å². The number of hydrogen-bond donors (Lipinski definition) is 1. The third-order valence-corrected chi connectivity index (χ3v) is 1.71. The molecule has 0 aliphatic heterocycles. The standard InChI is InChI=1S/C9H13N.C4H6O2.C2H6.ClH/c1-10(2)8-9-6-4-3-5-7-9;1-3(2)4(5)6;1-2;/h3-7H,8H2,1-2H3;1H2,2H3,(H,5,6);1-2H3;1H. The first-order chi connectivity index (χ1) is 8.43. The predicted molar refractivity (Wildman–Crippen MR) is 84.9 cm³/mol. The number of carboxylic acid groups (broad SMARTS) is 1. The second-order valence-corrected chi connectivity index (χ2v) is 3.81. The van der Waals surface area contributed by atoms with Crippen LogP contribution in [0, 0.1) is 0 Å². The summed E-state index contributed by atoms with van der Waals surface area (Å²) in [5, 5.41) is 7.89. The van der Waals surface area contributed by atoms with Crippen molar-refractivity contribution in [3.63, 3.8) is 0 Å². The molecule has 0 bridgehead atoms. The van der Waals surface area contributed by atoms with E-state index in [-0.39, 0.29) is 18.0 Å². The lowest BCUT2D eigenvalue weighted by molar-refractivity contribution is -0.132. The van der Waals surface area contributed by atoms with Gasteiger partial charge in [0.05, 0.1) is 0 Å². The van der Waals surface area contributed by atoms with Gasteiger partial charge in [0, 0.05) is 12.1 Å². The molecule has 0 saturated heterocycles. The van der Waals surface area contributed by atoms with Crippen LogP contribution in [0.25, 0.3) is 0 Å². The fourth-order valence-corrected chi connectivity index (χ4v) is 0.949. The Kier molecular flexibility index (Phi) is 17.7. The number of benzene rings is 1. The molecule has 1 aromatic rings. The fourth-order valence-electron chi connectivity index (χ4n) is 0.949. The molecular formula is C15H26ClNO2. The molecule has 0 heterocycles. The molecule has 1 aromatic carbocycles. The minimum absolute atomic E-state index is 0. The Bertz CT molecular complexity index is 325. The number of carbonyl (C=O) groups is 1. The molecule has 4 heteroatoms. The van der Waals surface area contributed by atoms with E-state index in [9.17, 15) is 4.79 Å². The summed E-state index contributed by atoms with van der Waals surface area (Å²) in [6, 6.07) is 10.5. The normalized spacial score (nSPS) is 8.11. The number of halogens is 1. The van der Waals surface area contributed by atoms with Crippen LogP contribution in [0.2, 0.25) is 0 Å². The number of carboxylic acids is 1. The van der Waals surface area contributed by atoms with Crippen molar-refractivity contribution in [1.82, 2.24) is 4.90 Å². The molecular weight excluding hydrogens is 262 g/mol. The Morgan fingerprint density at radius 1 is 1.21 bits per heavy atom. The van der Waals surface area contributed by atoms with Crippen LogP contribution < -0.4 is 0 Å². The van der Waals surface area contributed by atoms with Crippen LogP contribution in [0.5, 0.6) is 0 Å². The van der Waals surface area contributed by atoms with E-state index < -0.39 is 5.97 Å². The number of hydrogen-bond acceptors (Lipinski definition) is 2. The van der Waals surface area contributed by atoms with Crippen LogP contribution in [-0.2, 0) is 11.3 Å². The summed E-state index contributed by atoms with van der Waals surface area (Å²) in [5.74, 6) is -0.935. The van der Waals surface area contributed by atoms with Gasteiger partial charge in [-0.15, -0.1) is 12.4 Å². The maximum absolute atomic E-state index is 9.60. The molecule has 0 unspecified atom stereocenters. The zero-order valence-corrected chi connectivity index (χ0v) is 13.3. The Morgan fingerprint density at radius 2 is 1.58 bits per heavy atom. The van der Waals surface area contributed by atoms with Crippen LogP contribution in [0.3, 0.4) is 0 Å². The van der Waals surface area contributed by atoms with Crippen molar-refractivity contribution < 1.29 is 9.90 Å². The molecule has 0 saturated carbocycles. The molecule has 0 fully saturated rings. The molecule has 0 aromatic heterocycles. The molecule has 0 amide bonds. The van der Waals surface area contributed by atoms with Crippen molar-refractivity contribution >= 4 is 18.4 Å². The average molecular weight is 288 g/mol. The van der Waals surface area contributed by atoms with Crippen LogP contribution in [0.15, 0.2) is 42.5 Å². The number of nitrogens with zero attached hydrogens (tertiary/aromatic N) is 1. The zero-order valence-electron chi connectivity index (χ0n) is 12.5. The Hall–Kier alpha value is -1.32. The third-order valence-electron chi connectivity index (χ3n) is 1.71. The highest BCUT2D eigenvalue weighted by Crippen LogP contribution is 1.99. The van der Waals surface area contributed by atoms with E-state index >= 15 is 0 Å². The minimum atomic E-state index is -0.935. The molecule has 1 N–H and O–H groups in total. The summed E-state index contributed by atoms with van der Waals surface area (Å²) in [6.45, 7) is 9.63. The number of rotatable bonds is 3. The van der Waals surface area contributed by atoms with Gasteiger partial charge in [0.2, 0.25) is 0 Å². The highest BCUT2D eigenvalue weighted by molar-refractivity contribution is 5.85. The lowest BCUT2D eigenvalue weighted by atomic mass is 10.2. The summed E-state index contributed by atoms with van der Waals surface area (Å²) in [7, 11) is 4.15. The molecule has 1 rings (SSSR count). The predicted octanol–water partition coefficient (Wildman–Crippen LogP) is 3.84. The van der Waals surface area contributed by atoms with Crippen molar-refractivity contribution in [3.05, 3.63) is 48.0 Å². The quantitative estimate of drug-likeness (QED) is 0.859. The van der Waals surface area contributed by atoms with Gasteiger partial charge in [-0.05, 0) is 26.6 Å². The zero-order chi connectivity index (χ0) is 14.6. The summed E-state index contributed by atoms with van der Waals surface area (Å²) in [5.41, 5.74) is 1.54. The van der Waals surface area contributed by atoms with E-state index in [1.807, 2.05) is 19.9 Å². The van der Waals surface area contributed by atoms with Gasteiger partial charge >= 0.3 is 5.97 Å². The molecule has 19 heavy (non-hydrogen) atoms. The van der Waals surface area contributed by atoms with Gasteiger partial charge in [0.1, 0.15) is 0 Å². The average Bonchev–Trinajstić information content (AvgIpc) is 2.32. The van der Waals surface area contributed by atoms with E-state index in [4.69, 9.17) is 5.11 Å². The van der Waals surface area contributed by atoms with Crippen molar-refractivity contribution in [2.75, 3.05) is 14.1 Å². The highest BCUT2D eigenvalue weighted by Gasteiger charge is 1.91. The van der Waals surface area contributed by atoms with E-state index in [0.717, 1.165) is 6.54 Å². The summed E-state index contributed by atoms with van der Waals surface area (Å²) in [4.78, 5) is 11.8. The summed E-state index contributed by atoms with van der Waals surface area (Å²) < 4.78 is 0. The smallest absolute Gasteiger partial charge is 0.330 e. The van der Waals surface area contributed by atoms with Gasteiger partial charge in [-0.25, -0.2) is 4.79 Å². The van der Waals surface area contributed by atoms with Gasteiger partial charge in [-0.3, -0.25) is 0 Å². The van der Waals surface area contributed by atoms with Crippen molar-refractivity contribution in [3.8, 4) is 0 Å². The minimum Gasteiger partial charge on any atom is -0.478 e. The Morgan fingerprint density at radius 3 is 1.84 bits per heavy atom. The number of aliphatic carboxylic acids is 1. The van der Waals surface area contributed by atoms with Gasteiger partial charge in [0.25, 0.3) is 0 Å². The summed E-state index contributed by atoms with van der Waals surface area (Å²) in [6.07, 6.45) is 0. The first-order valence-corrected chi connectivity index (χ1v) is 6.01. The van der Waals surface area contributed by atoms with Crippen LogP contribution in [-0.4, -0.2) is 30.1 Å². The first kappa shape index (κ1) is 22.8. The van der Waals surface area contributed by atoms with Crippen LogP contribution in [0.4, 0.5) is 0 Å². The van der Waals surface area contributed by atoms with E-state index in [1.54, 1.807) is 0 Å². The van der Waals surface area contributed by atoms with Gasteiger partial charge in [-0.2, -0.15) is 0 Å². The lowest BCUT2D eigenvalue weighted by Gasteiger charge is -2.08. The third kappa shape index (κ3) is 16.7. The Balaban J connectivity index is -0.000000249. The molecule has 0 atom stereocenters. The van der Waals surface area contributed by atoms with Crippen molar-refractivity contribution in [2.45, 2.75) is 27.3 Å². The van der Waals surface area contributed by atoms with E-state index in [0.29, 0.717) is 0 Å². The largest absolute Gasteiger partial charge is 0.478 e. The maximum atomic E-state index is 9.60. The van der Waals surface area contributed by atoms with Crippen molar-refractivity contribution in [1.29, 1.82) is 0 Å². The topological polar surface area (TPSA) is 40.5 Å². The van der Waals surface area contributed by atoms with Crippen LogP contribution in [0.1, 0.15) is 26.3 Å². The fraction of sp³-hybridized carbons (Fsp3) is 0.400. The molecule has 0 aliphatic carbocycles.